The number of ether oxygens (including phenoxy) is 2. The highest BCUT2D eigenvalue weighted by Gasteiger charge is 2.24. The lowest BCUT2D eigenvalue weighted by molar-refractivity contribution is -0.121. The van der Waals surface area contributed by atoms with E-state index in [4.69, 9.17) is 9.47 Å². The molecule has 1 aromatic heterocycles. The van der Waals surface area contributed by atoms with Crippen molar-refractivity contribution in [3.63, 3.8) is 0 Å². The molecule has 1 amide bonds. The highest BCUT2D eigenvalue weighted by atomic mass is 16.5. The van der Waals surface area contributed by atoms with E-state index in [-0.39, 0.29) is 17.9 Å². The summed E-state index contributed by atoms with van der Waals surface area (Å²) in [5.41, 5.74) is 4.60. The highest BCUT2D eigenvalue weighted by molar-refractivity contribution is 5.87. The standard InChI is InChI=1S/C35H45N3O3/c1-6-37(7-2)22-10-11-26(3)36-35(39)23-32(28-16-20-30(41-5)21-17-28)33-25-38(34-13-9-8-12-31(33)34)24-27-14-18-29(40-4)19-15-27/h8-9,12-21,25-26,32H,6-7,10-11,22-24H2,1-5H3,(H,36,39)/t26-,32+/m1/s1. The van der Waals surface area contributed by atoms with Crippen LogP contribution in [-0.2, 0) is 11.3 Å². The number of carbonyl (C=O) groups excluding carboxylic acids is 1. The van der Waals surface area contributed by atoms with E-state index in [0.29, 0.717) is 6.42 Å². The molecule has 1 heterocycles. The van der Waals surface area contributed by atoms with Gasteiger partial charge < -0.3 is 24.3 Å². The van der Waals surface area contributed by atoms with Gasteiger partial charge in [0.2, 0.25) is 5.91 Å². The van der Waals surface area contributed by atoms with Gasteiger partial charge in [-0.3, -0.25) is 4.79 Å². The summed E-state index contributed by atoms with van der Waals surface area (Å²) in [6, 6.07) is 24.9. The summed E-state index contributed by atoms with van der Waals surface area (Å²) in [4.78, 5) is 15.9. The first-order valence-electron chi connectivity index (χ1n) is 14.8. The first-order chi connectivity index (χ1) is 19.9. The van der Waals surface area contributed by atoms with Crippen LogP contribution in [0.2, 0.25) is 0 Å². The predicted molar refractivity (Wildman–Crippen MR) is 168 cm³/mol. The predicted octanol–water partition coefficient (Wildman–Crippen LogP) is 6.86. The van der Waals surface area contributed by atoms with Gasteiger partial charge in [0.15, 0.2) is 0 Å². The average Bonchev–Trinajstić information content (AvgIpc) is 3.36. The van der Waals surface area contributed by atoms with Gasteiger partial charge in [-0.25, -0.2) is 0 Å². The van der Waals surface area contributed by atoms with Gasteiger partial charge in [0, 0.05) is 42.0 Å². The van der Waals surface area contributed by atoms with Crippen molar-refractivity contribution in [2.24, 2.45) is 0 Å². The van der Waals surface area contributed by atoms with Gasteiger partial charge >= 0.3 is 0 Å². The van der Waals surface area contributed by atoms with Crippen molar-refractivity contribution >= 4 is 16.8 Å². The third-order valence-electron chi connectivity index (χ3n) is 8.03. The Kier molecular flexibility index (Phi) is 10.9. The molecule has 0 saturated heterocycles. The maximum Gasteiger partial charge on any atom is 0.221 e. The number of amides is 1. The molecule has 0 saturated carbocycles. The Balaban J connectivity index is 1.59. The van der Waals surface area contributed by atoms with Crippen LogP contribution in [0.5, 0.6) is 11.5 Å². The second-order valence-corrected chi connectivity index (χ2v) is 10.7. The molecule has 0 aliphatic rings. The summed E-state index contributed by atoms with van der Waals surface area (Å²) < 4.78 is 13.1. The number of carbonyl (C=O) groups is 1. The second-order valence-electron chi connectivity index (χ2n) is 10.7. The molecule has 0 aliphatic carbocycles. The number of nitrogens with zero attached hydrogens (tertiary/aromatic N) is 2. The number of aromatic nitrogens is 1. The van der Waals surface area contributed by atoms with E-state index in [9.17, 15) is 4.79 Å². The normalized spacial score (nSPS) is 12.8. The van der Waals surface area contributed by atoms with Crippen LogP contribution in [0, 0.1) is 0 Å². The van der Waals surface area contributed by atoms with Crippen LogP contribution in [0.4, 0.5) is 0 Å². The van der Waals surface area contributed by atoms with Crippen molar-refractivity contribution in [2.75, 3.05) is 33.9 Å². The Bertz CT molecular complexity index is 1370. The van der Waals surface area contributed by atoms with Gasteiger partial charge in [-0.15, -0.1) is 0 Å². The number of fused-ring (bicyclic) bond motifs is 1. The lowest BCUT2D eigenvalue weighted by Crippen LogP contribution is -2.34. The number of rotatable bonds is 15. The molecule has 0 bridgehead atoms. The molecule has 0 spiro atoms. The number of nitrogens with one attached hydrogen (secondary N) is 1. The SMILES string of the molecule is CCN(CC)CCC[C@@H](C)NC(=O)C[C@@H](c1ccc(OC)cc1)c1cn(Cc2ccc(OC)cc2)c2ccccc12. The van der Waals surface area contributed by atoms with Crippen molar-refractivity contribution in [3.05, 3.63) is 95.7 Å². The second kappa shape index (κ2) is 14.7. The van der Waals surface area contributed by atoms with E-state index in [1.807, 2.05) is 24.3 Å². The summed E-state index contributed by atoms with van der Waals surface area (Å²) in [6.45, 7) is 10.4. The van der Waals surface area contributed by atoms with Gasteiger partial charge in [0.05, 0.1) is 14.2 Å². The van der Waals surface area contributed by atoms with Gasteiger partial charge in [-0.2, -0.15) is 0 Å². The van der Waals surface area contributed by atoms with E-state index in [1.165, 1.54) is 10.9 Å². The van der Waals surface area contributed by atoms with E-state index in [0.717, 1.165) is 67.2 Å². The molecule has 218 valence electrons. The molecular weight excluding hydrogens is 510 g/mol. The zero-order chi connectivity index (χ0) is 29.2. The molecule has 4 rings (SSSR count). The minimum atomic E-state index is -0.0919. The maximum absolute atomic E-state index is 13.5. The molecule has 41 heavy (non-hydrogen) atoms. The third-order valence-corrected chi connectivity index (χ3v) is 8.03. The van der Waals surface area contributed by atoms with Gasteiger partial charge in [-0.1, -0.05) is 56.3 Å². The first-order valence-corrected chi connectivity index (χ1v) is 14.8. The number of hydrogen-bond donors (Lipinski definition) is 1. The molecular formula is C35H45N3O3. The number of methoxy groups -OCH3 is 2. The summed E-state index contributed by atoms with van der Waals surface area (Å²) >= 11 is 0. The highest BCUT2D eigenvalue weighted by Crippen LogP contribution is 2.36. The van der Waals surface area contributed by atoms with Crippen molar-refractivity contribution in [1.29, 1.82) is 0 Å². The summed E-state index contributed by atoms with van der Waals surface area (Å²) in [6.07, 6.45) is 4.65. The molecule has 3 aromatic carbocycles. The van der Waals surface area contributed by atoms with E-state index in [1.54, 1.807) is 14.2 Å². The maximum atomic E-state index is 13.5. The number of benzene rings is 3. The molecule has 0 radical (unpaired) electrons. The van der Waals surface area contributed by atoms with Gasteiger partial charge in [0.25, 0.3) is 0 Å². The van der Waals surface area contributed by atoms with Crippen LogP contribution in [0.1, 0.15) is 62.6 Å². The van der Waals surface area contributed by atoms with Crippen molar-refractivity contribution in [2.45, 2.75) is 58.5 Å². The molecule has 2 atom stereocenters. The van der Waals surface area contributed by atoms with Crippen molar-refractivity contribution in [3.8, 4) is 11.5 Å². The Morgan fingerprint density at radius 2 is 1.54 bits per heavy atom. The van der Waals surface area contributed by atoms with E-state index in [2.05, 4.69) is 90.3 Å². The van der Waals surface area contributed by atoms with Gasteiger partial charge in [0.1, 0.15) is 11.5 Å². The Hall–Kier alpha value is -3.77. The molecule has 0 aliphatic heterocycles. The fourth-order valence-electron chi connectivity index (χ4n) is 5.61. The number of hydrogen-bond acceptors (Lipinski definition) is 4. The molecule has 1 N–H and O–H groups in total. The fourth-order valence-corrected chi connectivity index (χ4v) is 5.61. The third kappa shape index (κ3) is 7.92. The van der Waals surface area contributed by atoms with Crippen LogP contribution in [0.15, 0.2) is 79.0 Å². The topological polar surface area (TPSA) is 55.7 Å². The molecule has 6 nitrogen and oxygen atoms in total. The Morgan fingerprint density at radius 3 is 2.17 bits per heavy atom. The van der Waals surface area contributed by atoms with Crippen LogP contribution in [0.3, 0.4) is 0 Å². The molecule has 0 fully saturated rings. The average molecular weight is 556 g/mol. The first kappa shape index (κ1) is 30.2. The van der Waals surface area contributed by atoms with E-state index >= 15 is 0 Å². The Morgan fingerprint density at radius 1 is 0.902 bits per heavy atom. The Labute approximate surface area is 245 Å². The van der Waals surface area contributed by atoms with Crippen LogP contribution in [0.25, 0.3) is 10.9 Å². The van der Waals surface area contributed by atoms with Crippen LogP contribution in [-0.4, -0.2) is 55.3 Å². The molecule has 4 aromatic rings. The number of para-hydroxylation sites is 1. The van der Waals surface area contributed by atoms with Crippen molar-refractivity contribution < 1.29 is 14.3 Å². The lowest BCUT2D eigenvalue weighted by Gasteiger charge is -2.21. The van der Waals surface area contributed by atoms with E-state index < -0.39 is 0 Å². The summed E-state index contributed by atoms with van der Waals surface area (Å²) in [5.74, 6) is 1.64. The van der Waals surface area contributed by atoms with Crippen LogP contribution < -0.4 is 14.8 Å². The molecule has 6 heteroatoms. The van der Waals surface area contributed by atoms with Crippen molar-refractivity contribution in [1.82, 2.24) is 14.8 Å². The van der Waals surface area contributed by atoms with Gasteiger partial charge in [-0.05, 0) is 86.4 Å². The lowest BCUT2D eigenvalue weighted by atomic mass is 9.88. The van der Waals surface area contributed by atoms with Crippen LogP contribution >= 0.6 is 0 Å². The smallest absolute Gasteiger partial charge is 0.221 e. The zero-order valence-corrected chi connectivity index (χ0v) is 25.2. The minimum Gasteiger partial charge on any atom is -0.497 e. The summed E-state index contributed by atoms with van der Waals surface area (Å²) in [5, 5.41) is 4.46. The quantitative estimate of drug-likeness (QED) is 0.174. The fraction of sp³-hybridized carbons (Fsp3) is 0.400. The minimum absolute atomic E-state index is 0.0770. The largest absolute Gasteiger partial charge is 0.497 e. The molecule has 0 unspecified atom stereocenters. The monoisotopic (exact) mass is 555 g/mol. The zero-order valence-electron chi connectivity index (χ0n) is 25.2. The summed E-state index contributed by atoms with van der Waals surface area (Å²) in [7, 11) is 3.36.